The number of hydrogen-bond donors (Lipinski definition) is 0. The lowest BCUT2D eigenvalue weighted by molar-refractivity contribution is 0.0747. The van der Waals surface area contributed by atoms with Crippen molar-refractivity contribution in [1.82, 2.24) is 4.90 Å². The van der Waals surface area contributed by atoms with Gasteiger partial charge < -0.3 is 4.90 Å². The van der Waals surface area contributed by atoms with E-state index in [1.54, 1.807) is 11.0 Å². The van der Waals surface area contributed by atoms with Crippen LogP contribution in [0.4, 0.5) is 0 Å². The van der Waals surface area contributed by atoms with Crippen molar-refractivity contribution in [2.24, 2.45) is 0 Å². The molecule has 3 nitrogen and oxygen atoms in total. The van der Waals surface area contributed by atoms with Crippen LogP contribution in [-0.4, -0.2) is 23.4 Å². The molecule has 1 saturated carbocycles. The summed E-state index contributed by atoms with van der Waals surface area (Å²) in [5, 5.41) is 9.17. The zero-order valence-electron chi connectivity index (χ0n) is 10.3. The third-order valence-corrected chi connectivity index (χ3v) is 3.64. The minimum Gasteiger partial charge on any atom is -0.335 e. The second-order valence-electron chi connectivity index (χ2n) is 4.57. The quantitative estimate of drug-likeness (QED) is 0.837. The number of nitriles is 1. The molecule has 0 saturated heterocycles. The van der Waals surface area contributed by atoms with Gasteiger partial charge in [-0.1, -0.05) is 23.7 Å². The summed E-state index contributed by atoms with van der Waals surface area (Å²) in [5.41, 5.74) is 1.44. The Morgan fingerprint density at radius 1 is 1.56 bits per heavy atom. The normalized spacial score (nSPS) is 14.1. The number of nitrogens with zero attached hydrogens (tertiary/aromatic N) is 2. The van der Waals surface area contributed by atoms with E-state index in [-0.39, 0.29) is 5.91 Å². The molecule has 18 heavy (non-hydrogen) atoms. The highest BCUT2D eigenvalue weighted by molar-refractivity contribution is 6.34. The fourth-order valence-electron chi connectivity index (χ4n) is 1.97. The van der Waals surface area contributed by atoms with Gasteiger partial charge in [-0.05, 0) is 31.4 Å². The number of carbonyl (C=O) groups is 1. The van der Waals surface area contributed by atoms with E-state index in [0.717, 1.165) is 18.4 Å². The number of benzene rings is 1. The molecular formula is C14H15ClN2O. The summed E-state index contributed by atoms with van der Waals surface area (Å²) in [6, 6.07) is 7.85. The first-order valence-corrected chi connectivity index (χ1v) is 6.46. The largest absolute Gasteiger partial charge is 0.335 e. The molecular weight excluding hydrogens is 248 g/mol. The summed E-state index contributed by atoms with van der Waals surface area (Å²) in [6.45, 7) is 2.38. The van der Waals surface area contributed by atoms with E-state index >= 15 is 0 Å². The summed E-state index contributed by atoms with van der Waals surface area (Å²) < 4.78 is 0. The average molecular weight is 263 g/mol. The first-order chi connectivity index (χ1) is 8.65. The van der Waals surface area contributed by atoms with Crippen LogP contribution >= 0.6 is 11.6 Å². The van der Waals surface area contributed by atoms with E-state index in [1.165, 1.54) is 0 Å². The molecule has 4 heteroatoms. The van der Waals surface area contributed by atoms with Crippen LogP contribution in [0.3, 0.4) is 0 Å². The van der Waals surface area contributed by atoms with Crippen LogP contribution in [0.15, 0.2) is 18.2 Å². The lowest BCUT2D eigenvalue weighted by atomic mass is 10.1. The van der Waals surface area contributed by atoms with Crippen molar-refractivity contribution in [3.63, 3.8) is 0 Å². The zero-order chi connectivity index (χ0) is 13.1. The first kappa shape index (κ1) is 12.9. The fourth-order valence-corrected chi connectivity index (χ4v) is 2.18. The van der Waals surface area contributed by atoms with Crippen molar-refractivity contribution >= 4 is 17.5 Å². The van der Waals surface area contributed by atoms with Crippen molar-refractivity contribution in [1.29, 1.82) is 5.26 Å². The molecule has 1 aromatic carbocycles. The third kappa shape index (κ3) is 2.65. The molecule has 0 aromatic heterocycles. The van der Waals surface area contributed by atoms with Crippen molar-refractivity contribution < 1.29 is 4.79 Å². The van der Waals surface area contributed by atoms with Crippen LogP contribution in [0.1, 0.15) is 35.2 Å². The van der Waals surface area contributed by atoms with Gasteiger partial charge in [-0.15, -0.1) is 0 Å². The molecule has 1 amide bonds. The van der Waals surface area contributed by atoms with Crippen molar-refractivity contribution in [2.45, 2.75) is 32.2 Å². The molecule has 94 valence electrons. The predicted molar refractivity (Wildman–Crippen MR) is 70.5 cm³/mol. The first-order valence-electron chi connectivity index (χ1n) is 6.08. The lowest BCUT2D eigenvalue weighted by Crippen LogP contribution is -2.34. The van der Waals surface area contributed by atoms with Gasteiger partial charge in [0.1, 0.15) is 0 Å². The second kappa shape index (κ2) is 5.41. The number of halogens is 1. The molecule has 0 radical (unpaired) electrons. The van der Waals surface area contributed by atoms with Gasteiger partial charge >= 0.3 is 0 Å². The highest BCUT2D eigenvalue weighted by atomic mass is 35.5. The summed E-state index contributed by atoms with van der Waals surface area (Å²) in [5.74, 6) is -0.0542. The maximum Gasteiger partial charge on any atom is 0.255 e. The Kier molecular flexibility index (Phi) is 3.88. The molecule has 0 N–H and O–H groups in total. The zero-order valence-corrected chi connectivity index (χ0v) is 11.1. The van der Waals surface area contributed by atoms with Crippen LogP contribution in [0, 0.1) is 18.3 Å². The predicted octanol–water partition coefficient (Wildman–Crippen LogP) is 3.17. The van der Waals surface area contributed by atoms with Gasteiger partial charge in [0, 0.05) is 12.6 Å². The number of amides is 1. The van der Waals surface area contributed by atoms with Gasteiger partial charge in [0.25, 0.3) is 5.91 Å². The maximum absolute atomic E-state index is 12.4. The molecule has 0 atom stereocenters. The number of hydrogen-bond acceptors (Lipinski definition) is 2. The highest BCUT2D eigenvalue weighted by Gasteiger charge is 2.33. The molecule has 0 spiro atoms. The Morgan fingerprint density at radius 2 is 2.28 bits per heavy atom. The second-order valence-corrected chi connectivity index (χ2v) is 4.95. The monoisotopic (exact) mass is 262 g/mol. The molecule has 1 aliphatic rings. The van der Waals surface area contributed by atoms with E-state index in [2.05, 4.69) is 6.07 Å². The van der Waals surface area contributed by atoms with Gasteiger partial charge in [-0.3, -0.25) is 4.79 Å². The Bertz CT molecular complexity index is 503. The van der Waals surface area contributed by atoms with Crippen LogP contribution in [0.5, 0.6) is 0 Å². The summed E-state index contributed by atoms with van der Waals surface area (Å²) >= 11 is 6.18. The third-order valence-electron chi connectivity index (χ3n) is 3.14. The number of carbonyl (C=O) groups excluding carboxylic acids is 1. The van der Waals surface area contributed by atoms with Gasteiger partial charge in [0.2, 0.25) is 0 Å². The van der Waals surface area contributed by atoms with Gasteiger partial charge in [0.15, 0.2) is 0 Å². The van der Waals surface area contributed by atoms with E-state index in [0.29, 0.717) is 29.6 Å². The van der Waals surface area contributed by atoms with Gasteiger partial charge in [-0.25, -0.2) is 0 Å². The Balaban J connectivity index is 2.22. The smallest absolute Gasteiger partial charge is 0.255 e. The minimum absolute atomic E-state index is 0.0542. The molecule has 0 heterocycles. The Hall–Kier alpha value is -1.53. The summed E-state index contributed by atoms with van der Waals surface area (Å²) in [7, 11) is 0. The van der Waals surface area contributed by atoms with Crippen molar-refractivity contribution in [3.05, 3.63) is 34.3 Å². The maximum atomic E-state index is 12.4. The topological polar surface area (TPSA) is 44.1 Å². The summed E-state index contributed by atoms with van der Waals surface area (Å²) in [4.78, 5) is 14.2. The highest BCUT2D eigenvalue weighted by Crippen LogP contribution is 2.30. The van der Waals surface area contributed by atoms with Crippen LogP contribution in [0.25, 0.3) is 0 Å². The van der Waals surface area contributed by atoms with Gasteiger partial charge in [-0.2, -0.15) is 5.26 Å². The van der Waals surface area contributed by atoms with E-state index in [1.807, 2.05) is 19.1 Å². The molecule has 1 fully saturated rings. The van der Waals surface area contributed by atoms with Crippen LogP contribution in [0.2, 0.25) is 5.02 Å². The molecule has 1 aromatic rings. The Labute approximate surface area is 112 Å². The minimum atomic E-state index is -0.0542. The van der Waals surface area contributed by atoms with Crippen LogP contribution in [-0.2, 0) is 0 Å². The lowest BCUT2D eigenvalue weighted by Gasteiger charge is -2.22. The fraction of sp³-hybridized carbons (Fsp3) is 0.429. The van der Waals surface area contributed by atoms with E-state index in [9.17, 15) is 4.79 Å². The molecule has 2 rings (SSSR count). The van der Waals surface area contributed by atoms with Gasteiger partial charge in [0.05, 0.1) is 23.1 Å². The number of aryl methyl sites for hydroxylation is 1. The van der Waals surface area contributed by atoms with Crippen molar-refractivity contribution in [3.8, 4) is 6.07 Å². The number of rotatable bonds is 4. The molecule has 1 aliphatic carbocycles. The molecule has 0 bridgehead atoms. The van der Waals surface area contributed by atoms with E-state index < -0.39 is 0 Å². The standard InChI is InChI=1S/C14H15ClN2O/c1-10-4-2-5-12(13(10)15)14(18)17(9-3-8-16)11-6-7-11/h2,4-5,11H,3,6-7,9H2,1H3. The SMILES string of the molecule is Cc1cccc(C(=O)N(CCC#N)C2CC2)c1Cl. The molecule has 0 aliphatic heterocycles. The van der Waals surface area contributed by atoms with E-state index in [4.69, 9.17) is 16.9 Å². The van der Waals surface area contributed by atoms with Crippen molar-refractivity contribution in [2.75, 3.05) is 6.54 Å². The average Bonchev–Trinajstić information content (AvgIpc) is 3.17. The summed E-state index contributed by atoms with van der Waals surface area (Å²) in [6.07, 6.45) is 2.42. The molecule has 0 unspecified atom stereocenters. The Morgan fingerprint density at radius 3 is 2.89 bits per heavy atom. The van der Waals surface area contributed by atoms with Crippen LogP contribution < -0.4 is 0 Å².